The van der Waals surface area contributed by atoms with E-state index in [1.54, 1.807) is 36.4 Å². The van der Waals surface area contributed by atoms with E-state index in [2.05, 4.69) is 5.32 Å². The van der Waals surface area contributed by atoms with Gasteiger partial charge in [0, 0.05) is 16.8 Å². The summed E-state index contributed by atoms with van der Waals surface area (Å²) in [6.07, 6.45) is 0. The molecule has 1 heterocycles. The van der Waals surface area contributed by atoms with E-state index < -0.39 is 21.7 Å². The molecule has 0 aliphatic heterocycles. The van der Waals surface area contributed by atoms with Crippen molar-refractivity contribution in [2.45, 2.75) is 4.90 Å². The summed E-state index contributed by atoms with van der Waals surface area (Å²) in [6.45, 7) is 0. The van der Waals surface area contributed by atoms with Crippen LogP contribution in [-0.4, -0.2) is 21.4 Å². The Labute approximate surface area is 187 Å². The van der Waals surface area contributed by atoms with Crippen molar-refractivity contribution in [3.8, 4) is 0 Å². The predicted molar refractivity (Wildman–Crippen MR) is 123 cm³/mol. The first-order valence-corrected chi connectivity index (χ1v) is 11.7. The lowest BCUT2D eigenvalue weighted by Crippen LogP contribution is -2.26. The minimum Gasteiger partial charge on any atom is -0.319 e. The molecule has 4 aromatic rings. The van der Waals surface area contributed by atoms with Crippen molar-refractivity contribution < 1.29 is 17.6 Å². The van der Waals surface area contributed by atoms with Crippen LogP contribution in [0.1, 0.15) is 9.67 Å². The number of rotatable bonds is 5. The third-order valence-corrected chi connectivity index (χ3v) is 7.85. The van der Waals surface area contributed by atoms with Crippen LogP contribution < -0.4 is 9.62 Å². The number of hydrogen-bond acceptors (Lipinski definition) is 4. The number of nitrogens with one attached hydrogen (secondary N) is 1. The molecule has 3 aromatic carbocycles. The fraction of sp³-hybridized carbons (Fsp3) is 0.0455. The number of hydrogen-bond donors (Lipinski definition) is 1. The van der Waals surface area contributed by atoms with Gasteiger partial charge in [0.05, 0.1) is 21.1 Å². The summed E-state index contributed by atoms with van der Waals surface area (Å²) in [7, 11) is -2.31. The molecule has 1 N–H and O–H groups in total. The predicted octanol–water partition coefficient (Wildman–Crippen LogP) is 5.77. The summed E-state index contributed by atoms with van der Waals surface area (Å²) in [4.78, 5) is 13.0. The Morgan fingerprint density at radius 1 is 1.03 bits per heavy atom. The number of nitrogens with zero attached hydrogens (tertiary/aromatic N) is 1. The summed E-state index contributed by atoms with van der Waals surface area (Å²) < 4.78 is 41.6. The number of benzene rings is 3. The zero-order valence-electron chi connectivity index (χ0n) is 16.2. The quantitative estimate of drug-likeness (QED) is 0.399. The zero-order chi connectivity index (χ0) is 22.2. The molecule has 31 heavy (non-hydrogen) atoms. The van der Waals surface area contributed by atoms with Gasteiger partial charge in [-0.3, -0.25) is 9.10 Å². The Balaban J connectivity index is 1.62. The number of para-hydroxylation sites is 1. The summed E-state index contributed by atoms with van der Waals surface area (Å²) in [5, 5.41) is 3.71. The van der Waals surface area contributed by atoms with Gasteiger partial charge in [-0.2, -0.15) is 0 Å². The van der Waals surface area contributed by atoms with Crippen LogP contribution in [0.2, 0.25) is 5.02 Å². The van der Waals surface area contributed by atoms with Gasteiger partial charge in [-0.1, -0.05) is 23.7 Å². The number of carbonyl (C=O) groups is 1. The second-order valence-corrected chi connectivity index (χ2v) is 10.2. The molecule has 0 unspecified atom stereocenters. The first-order chi connectivity index (χ1) is 14.8. The van der Waals surface area contributed by atoms with Crippen molar-refractivity contribution in [3.63, 3.8) is 0 Å². The molecular weight excluding hydrogens is 459 g/mol. The maximum atomic E-state index is 13.8. The standard InChI is InChI=1S/C22H16ClFN2O3S2/c1-26(31(28,29)17-9-6-15(23)7-10-17)16-8-11-20-14(12-16)13-21(30-20)22(27)25-19-5-3-2-4-18(19)24/h2-13H,1H3,(H,25,27). The second kappa shape index (κ2) is 8.30. The first-order valence-electron chi connectivity index (χ1n) is 9.10. The Morgan fingerprint density at radius 2 is 1.74 bits per heavy atom. The van der Waals surface area contributed by atoms with E-state index in [1.165, 1.54) is 59.1 Å². The smallest absolute Gasteiger partial charge is 0.265 e. The molecular formula is C22H16ClFN2O3S2. The third-order valence-electron chi connectivity index (χ3n) is 4.68. The topological polar surface area (TPSA) is 66.5 Å². The van der Waals surface area contributed by atoms with Gasteiger partial charge in [0.25, 0.3) is 15.9 Å². The number of halogens is 2. The Hall–Kier alpha value is -2.94. The normalized spacial score (nSPS) is 11.5. The SMILES string of the molecule is CN(c1ccc2sc(C(=O)Nc3ccccc3F)cc2c1)S(=O)(=O)c1ccc(Cl)cc1. The van der Waals surface area contributed by atoms with Gasteiger partial charge in [0.2, 0.25) is 0 Å². The van der Waals surface area contributed by atoms with Gasteiger partial charge in [-0.05, 0) is 66.0 Å². The molecule has 0 spiro atoms. The average molecular weight is 475 g/mol. The van der Waals surface area contributed by atoms with Crippen LogP contribution in [0.5, 0.6) is 0 Å². The number of fused-ring (bicyclic) bond motifs is 1. The number of sulfonamides is 1. The lowest BCUT2D eigenvalue weighted by Gasteiger charge is -2.19. The highest BCUT2D eigenvalue weighted by Crippen LogP contribution is 2.32. The van der Waals surface area contributed by atoms with Gasteiger partial charge in [0.15, 0.2) is 0 Å². The van der Waals surface area contributed by atoms with Crippen molar-refractivity contribution in [2.75, 3.05) is 16.7 Å². The molecule has 0 radical (unpaired) electrons. The highest BCUT2D eigenvalue weighted by atomic mass is 35.5. The molecule has 158 valence electrons. The Kier molecular flexibility index (Phi) is 5.70. The summed E-state index contributed by atoms with van der Waals surface area (Å²) >= 11 is 7.09. The number of amides is 1. The molecule has 0 aliphatic carbocycles. The summed E-state index contributed by atoms with van der Waals surface area (Å²) in [5.41, 5.74) is 0.542. The highest BCUT2D eigenvalue weighted by molar-refractivity contribution is 7.92. The van der Waals surface area contributed by atoms with Crippen LogP contribution >= 0.6 is 22.9 Å². The minimum atomic E-state index is -3.78. The maximum Gasteiger partial charge on any atom is 0.265 e. The highest BCUT2D eigenvalue weighted by Gasteiger charge is 2.22. The fourth-order valence-electron chi connectivity index (χ4n) is 2.99. The Morgan fingerprint density at radius 3 is 2.45 bits per heavy atom. The van der Waals surface area contributed by atoms with Crippen LogP contribution in [0.4, 0.5) is 15.8 Å². The number of thiophene rings is 1. The molecule has 0 bridgehead atoms. The van der Waals surface area contributed by atoms with Crippen molar-refractivity contribution in [2.24, 2.45) is 0 Å². The monoisotopic (exact) mass is 474 g/mol. The second-order valence-electron chi connectivity index (χ2n) is 6.69. The fourth-order valence-corrected chi connectivity index (χ4v) is 5.24. The van der Waals surface area contributed by atoms with Crippen LogP contribution in [-0.2, 0) is 10.0 Å². The van der Waals surface area contributed by atoms with Gasteiger partial charge >= 0.3 is 0 Å². The van der Waals surface area contributed by atoms with Crippen LogP contribution in [0, 0.1) is 5.82 Å². The zero-order valence-corrected chi connectivity index (χ0v) is 18.6. The van der Waals surface area contributed by atoms with E-state index in [4.69, 9.17) is 11.6 Å². The summed E-state index contributed by atoms with van der Waals surface area (Å²) in [5.74, 6) is -0.955. The van der Waals surface area contributed by atoms with Gasteiger partial charge in [0.1, 0.15) is 5.82 Å². The maximum absolute atomic E-state index is 13.8. The molecule has 9 heteroatoms. The third kappa shape index (κ3) is 4.27. The number of carbonyl (C=O) groups excluding carboxylic acids is 1. The van der Waals surface area contributed by atoms with Gasteiger partial charge in [-0.25, -0.2) is 12.8 Å². The average Bonchev–Trinajstić information content (AvgIpc) is 3.18. The van der Waals surface area contributed by atoms with E-state index in [1.807, 2.05) is 0 Å². The largest absolute Gasteiger partial charge is 0.319 e. The summed E-state index contributed by atoms with van der Waals surface area (Å²) in [6, 6.07) is 18.6. The van der Waals surface area contributed by atoms with E-state index in [0.717, 1.165) is 4.70 Å². The molecule has 0 atom stereocenters. The van der Waals surface area contributed by atoms with Gasteiger partial charge in [-0.15, -0.1) is 11.3 Å². The van der Waals surface area contributed by atoms with Crippen LogP contribution in [0.25, 0.3) is 10.1 Å². The molecule has 1 aromatic heterocycles. The molecule has 0 aliphatic rings. The van der Waals surface area contributed by atoms with E-state index >= 15 is 0 Å². The van der Waals surface area contributed by atoms with Crippen molar-refractivity contribution in [3.05, 3.63) is 88.5 Å². The van der Waals surface area contributed by atoms with Gasteiger partial charge < -0.3 is 5.32 Å². The lowest BCUT2D eigenvalue weighted by molar-refractivity contribution is 0.103. The van der Waals surface area contributed by atoms with Crippen molar-refractivity contribution in [1.29, 1.82) is 0 Å². The van der Waals surface area contributed by atoms with E-state index in [9.17, 15) is 17.6 Å². The minimum absolute atomic E-state index is 0.0967. The first kappa shape index (κ1) is 21.3. The molecule has 5 nitrogen and oxygen atoms in total. The molecule has 0 saturated heterocycles. The molecule has 0 saturated carbocycles. The van der Waals surface area contributed by atoms with Crippen molar-refractivity contribution in [1.82, 2.24) is 0 Å². The molecule has 1 amide bonds. The number of anilines is 2. The van der Waals surface area contributed by atoms with Crippen LogP contribution in [0.3, 0.4) is 0 Å². The van der Waals surface area contributed by atoms with E-state index in [-0.39, 0.29) is 10.6 Å². The van der Waals surface area contributed by atoms with E-state index in [0.29, 0.717) is 21.0 Å². The molecule has 4 rings (SSSR count). The molecule has 0 fully saturated rings. The van der Waals surface area contributed by atoms with Crippen LogP contribution in [0.15, 0.2) is 77.7 Å². The Bertz CT molecular complexity index is 1390. The lowest BCUT2D eigenvalue weighted by atomic mass is 10.2. The van der Waals surface area contributed by atoms with Crippen molar-refractivity contribution >= 4 is 60.3 Å².